The van der Waals surface area contributed by atoms with E-state index in [1.165, 1.54) is 0 Å². The van der Waals surface area contributed by atoms with E-state index >= 15 is 0 Å². The molecule has 3 rings (SSSR count). The van der Waals surface area contributed by atoms with Gasteiger partial charge in [-0.3, -0.25) is 4.79 Å². The lowest BCUT2D eigenvalue weighted by molar-refractivity contribution is -0.112. The Labute approximate surface area is 173 Å². The molecule has 5 nitrogen and oxygen atoms in total. The molecule has 2 heterocycles. The zero-order valence-corrected chi connectivity index (χ0v) is 17.9. The summed E-state index contributed by atoms with van der Waals surface area (Å²) < 4.78 is 7.97. The van der Waals surface area contributed by atoms with Gasteiger partial charge in [0, 0.05) is 30.2 Å². The molecule has 1 amide bonds. The predicted molar refractivity (Wildman–Crippen MR) is 116 cm³/mol. The maximum absolute atomic E-state index is 12.8. The van der Waals surface area contributed by atoms with Gasteiger partial charge in [-0.2, -0.15) is 5.26 Å². The molecular formula is C24H29N3O2. The van der Waals surface area contributed by atoms with Gasteiger partial charge < -0.3 is 14.6 Å². The van der Waals surface area contributed by atoms with Crippen LogP contribution in [0.5, 0.6) is 0 Å². The monoisotopic (exact) mass is 391 g/mol. The molecule has 152 valence electrons. The number of nitriles is 1. The quantitative estimate of drug-likeness (QED) is 0.590. The molecule has 1 saturated heterocycles. The first-order valence-electron chi connectivity index (χ1n) is 10.1. The fourth-order valence-corrected chi connectivity index (χ4v) is 4.11. The molecule has 1 aromatic carbocycles. The maximum Gasteiger partial charge on any atom is 0.266 e. The van der Waals surface area contributed by atoms with E-state index in [4.69, 9.17) is 4.74 Å². The fourth-order valence-electron chi connectivity index (χ4n) is 4.11. The van der Waals surface area contributed by atoms with Crippen molar-refractivity contribution in [3.05, 3.63) is 57.4 Å². The highest BCUT2D eigenvalue weighted by Crippen LogP contribution is 2.24. The van der Waals surface area contributed by atoms with Gasteiger partial charge in [-0.15, -0.1) is 0 Å². The molecule has 29 heavy (non-hydrogen) atoms. The smallest absolute Gasteiger partial charge is 0.266 e. The zero-order valence-electron chi connectivity index (χ0n) is 17.9. The molecule has 1 fully saturated rings. The molecular weight excluding hydrogens is 362 g/mol. The van der Waals surface area contributed by atoms with Crippen molar-refractivity contribution in [2.24, 2.45) is 0 Å². The van der Waals surface area contributed by atoms with Gasteiger partial charge in [0.05, 0.1) is 6.10 Å². The van der Waals surface area contributed by atoms with Crippen molar-refractivity contribution in [1.29, 1.82) is 5.26 Å². The van der Waals surface area contributed by atoms with E-state index in [2.05, 4.69) is 16.0 Å². The second kappa shape index (κ2) is 8.67. The third-order valence-electron chi connectivity index (χ3n) is 5.60. The third kappa shape index (κ3) is 4.60. The van der Waals surface area contributed by atoms with E-state index in [9.17, 15) is 10.1 Å². The highest BCUT2D eigenvalue weighted by Gasteiger charge is 2.19. The number of nitrogens with zero attached hydrogens (tertiary/aromatic N) is 2. The summed E-state index contributed by atoms with van der Waals surface area (Å²) in [5.74, 6) is -0.383. The SMILES string of the molecule is Cc1cc(C)c(NC(=O)/C(C#N)=C/c2cc(C)n(CC3CCCO3)c2C)c(C)c1. The van der Waals surface area contributed by atoms with Crippen LogP contribution in [0.25, 0.3) is 6.08 Å². The lowest BCUT2D eigenvalue weighted by Crippen LogP contribution is -2.17. The largest absolute Gasteiger partial charge is 0.376 e. The summed E-state index contributed by atoms with van der Waals surface area (Å²) in [6.45, 7) is 11.7. The number of carbonyl (C=O) groups excluding carboxylic acids is 1. The van der Waals surface area contributed by atoms with Gasteiger partial charge in [-0.05, 0) is 76.3 Å². The van der Waals surface area contributed by atoms with Gasteiger partial charge in [0.2, 0.25) is 0 Å². The Hall–Kier alpha value is -2.84. The van der Waals surface area contributed by atoms with E-state index in [1.807, 2.05) is 52.8 Å². The van der Waals surface area contributed by atoms with Gasteiger partial charge in [-0.1, -0.05) is 17.7 Å². The van der Waals surface area contributed by atoms with Crippen LogP contribution in [0.2, 0.25) is 0 Å². The van der Waals surface area contributed by atoms with Crippen LogP contribution in [0.1, 0.15) is 46.5 Å². The first-order chi connectivity index (χ1) is 13.8. The molecule has 2 aromatic rings. The van der Waals surface area contributed by atoms with Crippen LogP contribution >= 0.6 is 0 Å². The Bertz CT molecular complexity index is 979. The summed E-state index contributed by atoms with van der Waals surface area (Å²) in [6.07, 6.45) is 4.10. The van der Waals surface area contributed by atoms with Crippen molar-refractivity contribution < 1.29 is 9.53 Å². The average molecular weight is 392 g/mol. The number of nitrogens with one attached hydrogen (secondary N) is 1. The Kier molecular flexibility index (Phi) is 6.24. The van der Waals surface area contributed by atoms with E-state index in [1.54, 1.807) is 6.08 Å². The third-order valence-corrected chi connectivity index (χ3v) is 5.60. The molecule has 5 heteroatoms. The highest BCUT2D eigenvalue weighted by molar-refractivity contribution is 6.10. The van der Waals surface area contributed by atoms with Gasteiger partial charge >= 0.3 is 0 Å². The van der Waals surface area contributed by atoms with Crippen molar-refractivity contribution >= 4 is 17.7 Å². The minimum atomic E-state index is -0.383. The van der Waals surface area contributed by atoms with Gasteiger partial charge in [0.25, 0.3) is 5.91 Å². The summed E-state index contributed by atoms with van der Waals surface area (Å²) in [5, 5.41) is 12.5. The molecule has 0 bridgehead atoms. The second-order valence-electron chi connectivity index (χ2n) is 7.97. The fraction of sp³-hybridized carbons (Fsp3) is 0.417. The van der Waals surface area contributed by atoms with Crippen molar-refractivity contribution in [1.82, 2.24) is 4.57 Å². The summed E-state index contributed by atoms with van der Waals surface area (Å²) in [4.78, 5) is 12.8. The molecule has 1 unspecified atom stereocenters. The number of rotatable bonds is 5. The summed E-state index contributed by atoms with van der Waals surface area (Å²) in [6, 6.07) is 8.14. The number of benzene rings is 1. The van der Waals surface area contributed by atoms with Crippen LogP contribution in [-0.4, -0.2) is 23.2 Å². The van der Waals surface area contributed by atoms with E-state index < -0.39 is 0 Å². The van der Waals surface area contributed by atoms with Gasteiger partial charge in [-0.25, -0.2) is 0 Å². The molecule has 0 aliphatic carbocycles. The lowest BCUT2D eigenvalue weighted by Gasteiger charge is -2.14. The number of aryl methyl sites for hydroxylation is 4. The van der Waals surface area contributed by atoms with Crippen molar-refractivity contribution in [3.8, 4) is 6.07 Å². The lowest BCUT2D eigenvalue weighted by atomic mass is 10.0. The van der Waals surface area contributed by atoms with E-state index in [0.29, 0.717) is 0 Å². The minimum absolute atomic E-state index is 0.0988. The summed E-state index contributed by atoms with van der Waals surface area (Å²) in [7, 11) is 0. The standard InChI is InChI=1S/C24H29N3O2/c1-15-9-16(2)23(17(3)10-15)26-24(28)21(13-25)12-20-11-18(4)27(19(20)5)14-22-7-6-8-29-22/h9-12,22H,6-8,14H2,1-5H3,(H,26,28)/b21-12+. The number of hydrogen-bond acceptors (Lipinski definition) is 3. The van der Waals surface area contributed by atoms with Crippen molar-refractivity contribution in [2.75, 3.05) is 11.9 Å². The number of amides is 1. The molecule has 1 aliphatic heterocycles. The van der Waals surface area contributed by atoms with Crippen LogP contribution in [0.15, 0.2) is 23.8 Å². The summed E-state index contributed by atoms with van der Waals surface area (Å²) >= 11 is 0. The Balaban J connectivity index is 1.84. The van der Waals surface area contributed by atoms with Crippen LogP contribution in [0.3, 0.4) is 0 Å². The average Bonchev–Trinajstić information content (AvgIpc) is 3.26. The molecule has 1 aromatic heterocycles. The topological polar surface area (TPSA) is 67.0 Å². The Morgan fingerprint density at radius 2 is 1.93 bits per heavy atom. The molecule has 1 aliphatic rings. The molecule has 1 atom stereocenters. The number of anilines is 1. The van der Waals surface area contributed by atoms with Gasteiger partial charge in [0.15, 0.2) is 0 Å². The Morgan fingerprint density at radius 1 is 1.24 bits per heavy atom. The van der Waals surface area contributed by atoms with E-state index in [0.717, 1.165) is 65.3 Å². The number of hydrogen-bond donors (Lipinski definition) is 1. The number of aromatic nitrogens is 1. The van der Waals surface area contributed by atoms with Crippen LogP contribution < -0.4 is 5.32 Å². The molecule has 0 spiro atoms. The second-order valence-corrected chi connectivity index (χ2v) is 7.97. The van der Waals surface area contributed by atoms with Crippen molar-refractivity contribution in [2.45, 2.75) is 60.1 Å². The van der Waals surface area contributed by atoms with Crippen LogP contribution in [-0.2, 0) is 16.1 Å². The molecule has 1 N–H and O–H groups in total. The highest BCUT2D eigenvalue weighted by atomic mass is 16.5. The zero-order chi connectivity index (χ0) is 21.1. The first kappa shape index (κ1) is 20.9. The van der Waals surface area contributed by atoms with Gasteiger partial charge in [0.1, 0.15) is 11.6 Å². The first-order valence-corrected chi connectivity index (χ1v) is 10.1. The van der Waals surface area contributed by atoms with Crippen LogP contribution in [0, 0.1) is 45.9 Å². The van der Waals surface area contributed by atoms with E-state index in [-0.39, 0.29) is 17.6 Å². The normalized spacial score (nSPS) is 16.7. The number of ether oxygens (including phenoxy) is 1. The Morgan fingerprint density at radius 3 is 2.52 bits per heavy atom. The van der Waals surface area contributed by atoms with Crippen LogP contribution in [0.4, 0.5) is 5.69 Å². The minimum Gasteiger partial charge on any atom is -0.376 e. The molecule has 0 saturated carbocycles. The molecule has 0 radical (unpaired) electrons. The predicted octanol–water partition coefficient (Wildman–Crippen LogP) is 4.75. The van der Waals surface area contributed by atoms with Crippen molar-refractivity contribution in [3.63, 3.8) is 0 Å². The maximum atomic E-state index is 12.8. The number of carbonyl (C=O) groups is 1. The summed E-state index contributed by atoms with van der Waals surface area (Å²) in [5.41, 5.74) is 7.03.